The zero-order chi connectivity index (χ0) is 19.4. The first-order valence-electron chi connectivity index (χ1n) is 9.36. The van der Waals surface area contributed by atoms with Crippen molar-refractivity contribution < 1.29 is 13.2 Å². The van der Waals surface area contributed by atoms with Gasteiger partial charge in [0.05, 0.1) is 10.6 Å². The third-order valence-electron chi connectivity index (χ3n) is 5.02. The van der Waals surface area contributed by atoms with E-state index >= 15 is 0 Å². The number of nitrogens with one attached hydrogen (secondary N) is 2. The van der Waals surface area contributed by atoms with Crippen LogP contribution in [0, 0.1) is 13.8 Å². The number of sulfonamides is 1. The average Bonchev–Trinajstić information content (AvgIpc) is 2.64. The molecule has 0 aromatic heterocycles. The highest BCUT2D eigenvalue weighted by atomic mass is 32.2. The van der Waals surface area contributed by atoms with Crippen molar-refractivity contribution in [2.24, 2.45) is 0 Å². The molecule has 1 saturated carbocycles. The summed E-state index contributed by atoms with van der Waals surface area (Å²) in [5.74, 6) is -0.155. The van der Waals surface area contributed by atoms with Crippen molar-refractivity contribution >= 4 is 21.6 Å². The maximum atomic E-state index is 12.7. The van der Waals surface area contributed by atoms with Crippen molar-refractivity contribution in [2.75, 3.05) is 4.72 Å². The number of aryl methyl sites for hydroxylation is 2. The normalized spacial score (nSPS) is 15.3. The SMILES string of the molecule is Cc1ccc(S(=O)(=O)Nc2cc(C(=O)NC3CCCCC3)ccc2C)cc1. The van der Waals surface area contributed by atoms with Gasteiger partial charge >= 0.3 is 0 Å². The van der Waals surface area contributed by atoms with Gasteiger partial charge in [0.15, 0.2) is 0 Å². The van der Waals surface area contributed by atoms with Gasteiger partial charge in [-0.15, -0.1) is 0 Å². The molecule has 0 bridgehead atoms. The van der Waals surface area contributed by atoms with Crippen LogP contribution in [-0.2, 0) is 10.0 Å². The number of hydrogen-bond acceptors (Lipinski definition) is 3. The van der Waals surface area contributed by atoms with E-state index in [1.54, 1.807) is 42.5 Å². The molecule has 0 radical (unpaired) electrons. The van der Waals surface area contributed by atoms with Crippen LogP contribution in [0.2, 0.25) is 0 Å². The number of carbonyl (C=O) groups excluding carboxylic acids is 1. The van der Waals surface area contributed by atoms with Crippen LogP contribution >= 0.6 is 0 Å². The van der Waals surface area contributed by atoms with E-state index in [2.05, 4.69) is 10.0 Å². The van der Waals surface area contributed by atoms with E-state index in [1.165, 1.54) is 6.42 Å². The van der Waals surface area contributed by atoms with E-state index in [4.69, 9.17) is 0 Å². The molecule has 3 rings (SSSR count). The Kier molecular flexibility index (Phi) is 5.85. The van der Waals surface area contributed by atoms with Crippen molar-refractivity contribution in [1.82, 2.24) is 5.32 Å². The lowest BCUT2D eigenvalue weighted by molar-refractivity contribution is 0.0927. The first kappa shape index (κ1) is 19.4. The molecule has 0 spiro atoms. The van der Waals surface area contributed by atoms with Crippen LogP contribution in [-0.4, -0.2) is 20.4 Å². The van der Waals surface area contributed by atoms with E-state index in [-0.39, 0.29) is 16.8 Å². The molecule has 6 heteroatoms. The minimum Gasteiger partial charge on any atom is -0.349 e. The largest absolute Gasteiger partial charge is 0.349 e. The van der Waals surface area contributed by atoms with Crippen molar-refractivity contribution in [3.05, 3.63) is 59.2 Å². The maximum Gasteiger partial charge on any atom is 0.261 e. The average molecular weight is 387 g/mol. The van der Waals surface area contributed by atoms with Crippen LogP contribution in [0.4, 0.5) is 5.69 Å². The lowest BCUT2D eigenvalue weighted by atomic mass is 9.95. The van der Waals surface area contributed by atoms with Gasteiger partial charge in [0.2, 0.25) is 0 Å². The van der Waals surface area contributed by atoms with E-state index in [1.807, 2.05) is 13.8 Å². The summed E-state index contributed by atoms with van der Waals surface area (Å²) >= 11 is 0. The quantitative estimate of drug-likeness (QED) is 0.810. The molecular formula is C21H26N2O3S. The van der Waals surface area contributed by atoms with E-state index < -0.39 is 10.0 Å². The summed E-state index contributed by atoms with van der Waals surface area (Å²) in [6.45, 7) is 3.72. The summed E-state index contributed by atoms with van der Waals surface area (Å²) in [5.41, 5.74) is 2.64. The number of hydrogen-bond donors (Lipinski definition) is 2. The van der Waals surface area contributed by atoms with Gasteiger partial charge in [-0.1, -0.05) is 43.0 Å². The number of rotatable bonds is 5. The molecule has 5 nitrogen and oxygen atoms in total. The van der Waals surface area contributed by atoms with Gasteiger partial charge in [0, 0.05) is 11.6 Å². The highest BCUT2D eigenvalue weighted by molar-refractivity contribution is 7.92. The van der Waals surface area contributed by atoms with E-state index in [0.717, 1.165) is 36.8 Å². The van der Waals surface area contributed by atoms with Crippen molar-refractivity contribution in [1.29, 1.82) is 0 Å². The smallest absolute Gasteiger partial charge is 0.261 e. The molecule has 1 aliphatic carbocycles. The second-order valence-corrected chi connectivity index (χ2v) is 8.94. The first-order chi connectivity index (χ1) is 12.8. The highest BCUT2D eigenvalue weighted by Crippen LogP contribution is 2.23. The first-order valence-corrected chi connectivity index (χ1v) is 10.8. The zero-order valence-corrected chi connectivity index (χ0v) is 16.6. The fourth-order valence-electron chi connectivity index (χ4n) is 3.31. The lowest BCUT2D eigenvalue weighted by Crippen LogP contribution is -2.36. The fourth-order valence-corrected chi connectivity index (χ4v) is 4.43. The second-order valence-electron chi connectivity index (χ2n) is 7.26. The fraction of sp³-hybridized carbons (Fsp3) is 0.381. The van der Waals surface area contributed by atoms with Crippen molar-refractivity contribution in [3.63, 3.8) is 0 Å². The van der Waals surface area contributed by atoms with Crippen LogP contribution < -0.4 is 10.0 Å². The van der Waals surface area contributed by atoms with Gasteiger partial charge in [-0.3, -0.25) is 9.52 Å². The number of carbonyl (C=O) groups is 1. The molecule has 27 heavy (non-hydrogen) atoms. The molecule has 2 aromatic carbocycles. The van der Waals surface area contributed by atoms with Gasteiger partial charge in [0.1, 0.15) is 0 Å². The topological polar surface area (TPSA) is 75.3 Å². The Hall–Kier alpha value is -2.34. The predicted octanol–water partition coefficient (Wildman–Crippen LogP) is 4.17. The Morgan fingerprint density at radius 3 is 2.30 bits per heavy atom. The van der Waals surface area contributed by atoms with Gasteiger partial charge in [-0.05, 0) is 56.5 Å². The Morgan fingerprint density at radius 2 is 1.63 bits per heavy atom. The molecule has 0 atom stereocenters. The van der Waals surface area contributed by atoms with Crippen LogP contribution in [0.3, 0.4) is 0 Å². The Morgan fingerprint density at radius 1 is 0.963 bits per heavy atom. The van der Waals surface area contributed by atoms with Crippen molar-refractivity contribution in [2.45, 2.75) is 56.9 Å². The molecule has 1 aliphatic rings. The summed E-state index contributed by atoms with van der Waals surface area (Å²) in [6, 6.07) is 12.0. The molecule has 0 heterocycles. The third-order valence-corrected chi connectivity index (χ3v) is 6.40. The van der Waals surface area contributed by atoms with Crippen molar-refractivity contribution in [3.8, 4) is 0 Å². The predicted molar refractivity (Wildman–Crippen MR) is 108 cm³/mol. The minimum atomic E-state index is -3.70. The molecule has 0 aliphatic heterocycles. The van der Waals surface area contributed by atoms with Gasteiger partial charge in [-0.25, -0.2) is 8.42 Å². The second kappa shape index (κ2) is 8.13. The molecular weight excluding hydrogens is 360 g/mol. The number of benzene rings is 2. The molecule has 144 valence electrons. The molecule has 0 unspecified atom stereocenters. The van der Waals surface area contributed by atoms with Gasteiger partial charge in [-0.2, -0.15) is 0 Å². The molecule has 1 fully saturated rings. The summed E-state index contributed by atoms with van der Waals surface area (Å²) < 4.78 is 27.9. The monoisotopic (exact) mass is 386 g/mol. The number of amides is 1. The minimum absolute atomic E-state index is 0.155. The van der Waals surface area contributed by atoms with Crippen LogP contribution in [0.1, 0.15) is 53.6 Å². The van der Waals surface area contributed by atoms with Crippen LogP contribution in [0.25, 0.3) is 0 Å². The summed E-state index contributed by atoms with van der Waals surface area (Å²) in [6.07, 6.45) is 5.51. The summed E-state index contributed by atoms with van der Waals surface area (Å²) in [7, 11) is -3.70. The summed E-state index contributed by atoms with van der Waals surface area (Å²) in [4.78, 5) is 12.8. The summed E-state index contributed by atoms with van der Waals surface area (Å²) in [5, 5.41) is 3.07. The number of anilines is 1. The molecule has 2 aromatic rings. The highest BCUT2D eigenvalue weighted by Gasteiger charge is 2.19. The van der Waals surface area contributed by atoms with Crippen LogP contribution in [0.5, 0.6) is 0 Å². The maximum absolute atomic E-state index is 12.7. The Labute approximate surface area is 161 Å². The van der Waals surface area contributed by atoms with E-state index in [9.17, 15) is 13.2 Å². The van der Waals surface area contributed by atoms with Gasteiger partial charge < -0.3 is 5.32 Å². The standard InChI is InChI=1S/C21H26N2O3S/c1-15-8-12-19(13-9-15)27(25,26)23-20-14-17(11-10-16(20)2)21(24)22-18-6-4-3-5-7-18/h8-14,18,23H,3-7H2,1-2H3,(H,22,24). The zero-order valence-electron chi connectivity index (χ0n) is 15.8. The van der Waals surface area contributed by atoms with E-state index in [0.29, 0.717) is 11.3 Å². The Bertz CT molecular complexity index is 915. The molecule has 1 amide bonds. The van der Waals surface area contributed by atoms with Crippen LogP contribution in [0.15, 0.2) is 47.4 Å². The third kappa shape index (κ3) is 4.89. The lowest BCUT2D eigenvalue weighted by Gasteiger charge is -2.23. The Balaban J connectivity index is 1.78. The van der Waals surface area contributed by atoms with Gasteiger partial charge in [0.25, 0.3) is 15.9 Å². The molecule has 0 saturated heterocycles. The molecule has 2 N–H and O–H groups in total.